The molecule has 0 aromatic heterocycles. The molecule has 0 aromatic rings. The zero-order valence-electron chi connectivity index (χ0n) is 22.6. The lowest BCUT2D eigenvalue weighted by molar-refractivity contribution is -0.207. The van der Waals surface area contributed by atoms with Crippen LogP contribution in [0.15, 0.2) is 11.6 Å². The lowest BCUT2D eigenvalue weighted by Crippen LogP contribution is -2.62. The minimum atomic E-state index is -0.544. The van der Waals surface area contributed by atoms with Crippen molar-refractivity contribution in [2.45, 2.75) is 103 Å². The van der Waals surface area contributed by atoms with Crippen LogP contribution in [0.2, 0.25) is 0 Å². The summed E-state index contributed by atoms with van der Waals surface area (Å²) in [5.74, 6) is 2.12. The number of hydrogen-bond acceptors (Lipinski definition) is 5. The molecule has 4 aliphatic rings. The van der Waals surface area contributed by atoms with E-state index in [1.165, 1.54) is 18.4 Å². The molecule has 0 radical (unpaired) electrons. The molecule has 4 aliphatic carbocycles. The summed E-state index contributed by atoms with van der Waals surface area (Å²) in [4.78, 5) is 7.88. The first-order valence-electron chi connectivity index (χ1n) is 14.2. The van der Waals surface area contributed by atoms with Crippen LogP contribution in [0.1, 0.15) is 91.4 Å². The molecule has 34 heavy (non-hydrogen) atoms. The normalized spacial score (nSPS) is 44.6. The molecule has 4 rings (SSSR count). The van der Waals surface area contributed by atoms with Crippen molar-refractivity contribution < 1.29 is 15.1 Å². The van der Waals surface area contributed by atoms with Crippen molar-refractivity contribution >= 4 is 0 Å². The van der Waals surface area contributed by atoms with Gasteiger partial charge >= 0.3 is 0 Å². The third kappa shape index (κ3) is 4.89. The van der Waals surface area contributed by atoms with E-state index in [0.29, 0.717) is 29.1 Å². The molecular formula is C29H52N2O3. The molecule has 0 heterocycles. The molecule has 4 saturated carbocycles. The third-order valence-electron chi connectivity index (χ3n) is 10.9. The Bertz CT molecular complexity index is 726. The first-order valence-corrected chi connectivity index (χ1v) is 14.2. The standard InChI is InChI=1S/C29H52N2O3/c1-21(20-30-34-17-7-6-16-31(4)5)18-23-10-15-29(33)26-9-8-22-19-24(32)11-13-27(22,2)25(26)12-14-28(23,29)3/h18,22-26,30,32-33H,6-17,19-20H2,1-5H3/b21-18+/t22-,23-,24+,25+,26-,27+,28-,29+/m1/s1. The quantitative estimate of drug-likeness (QED) is 0.250. The van der Waals surface area contributed by atoms with Crippen LogP contribution in [0.3, 0.4) is 0 Å². The number of nitrogens with zero attached hydrogens (tertiary/aromatic N) is 1. The van der Waals surface area contributed by atoms with Crippen molar-refractivity contribution in [3.63, 3.8) is 0 Å². The number of nitrogens with one attached hydrogen (secondary N) is 1. The molecule has 0 bridgehead atoms. The Balaban J connectivity index is 1.35. The second-order valence-electron chi connectivity index (χ2n) is 13.1. The van der Waals surface area contributed by atoms with Crippen LogP contribution in [-0.4, -0.2) is 60.6 Å². The Hall–Kier alpha value is -0.460. The Morgan fingerprint density at radius 1 is 1.03 bits per heavy atom. The van der Waals surface area contributed by atoms with E-state index in [9.17, 15) is 10.2 Å². The summed E-state index contributed by atoms with van der Waals surface area (Å²) < 4.78 is 0. The maximum atomic E-state index is 12.3. The molecule has 0 aliphatic heterocycles. The molecule has 0 amide bonds. The van der Waals surface area contributed by atoms with Gasteiger partial charge in [-0.15, -0.1) is 0 Å². The average molecular weight is 477 g/mol. The number of unbranched alkanes of at least 4 members (excludes halogenated alkanes) is 1. The van der Waals surface area contributed by atoms with Gasteiger partial charge < -0.3 is 20.0 Å². The van der Waals surface area contributed by atoms with Gasteiger partial charge in [0, 0.05) is 12.0 Å². The number of fused-ring (bicyclic) bond motifs is 5. The summed E-state index contributed by atoms with van der Waals surface area (Å²) in [5.41, 5.74) is 4.21. The summed E-state index contributed by atoms with van der Waals surface area (Å²) in [6.45, 7) is 9.70. The van der Waals surface area contributed by atoms with E-state index in [4.69, 9.17) is 4.84 Å². The van der Waals surface area contributed by atoms with Crippen LogP contribution >= 0.6 is 0 Å². The SMILES string of the molecule is C/C(=C\[C@H]1CC[C@]2(O)[C@@H]3CC[C@@H]4C[C@@H](O)CC[C@]4(C)[C@H]3CC[C@]12C)CNOCCCCN(C)C. The molecule has 0 spiro atoms. The summed E-state index contributed by atoms with van der Waals surface area (Å²) >= 11 is 0. The lowest BCUT2D eigenvalue weighted by atomic mass is 9.43. The molecule has 0 unspecified atom stereocenters. The zero-order valence-corrected chi connectivity index (χ0v) is 22.6. The molecule has 4 fully saturated rings. The summed E-state index contributed by atoms with van der Waals surface area (Å²) in [6.07, 6.45) is 14.4. The number of aliphatic hydroxyl groups is 2. The average Bonchev–Trinajstić information content (AvgIpc) is 3.04. The third-order valence-corrected chi connectivity index (χ3v) is 10.9. The topological polar surface area (TPSA) is 65.0 Å². The second kappa shape index (κ2) is 10.5. The molecule has 5 nitrogen and oxygen atoms in total. The first kappa shape index (κ1) is 26.6. The van der Waals surface area contributed by atoms with Crippen LogP contribution in [0.25, 0.3) is 0 Å². The minimum Gasteiger partial charge on any atom is -0.393 e. The van der Waals surface area contributed by atoms with E-state index < -0.39 is 5.60 Å². The van der Waals surface area contributed by atoms with Crippen molar-refractivity contribution in [2.75, 3.05) is 33.8 Å². The first-order chi connectivity index (χ1) is 16.1. The van der Waals surface area contributed by atoms with Gasteiger partial charge in [0.15, 0.2) is 0 Å². The van der Waals surface area contributed by atoms with Gasteiger partial charge in [-0.25, -0.2) is 0 Å². The lowest BCUT2D eigenvalue weighted by Gasteiger charge is -2.63. The maximum absolute atomic E-state index is 12.3. The molecule has 196 valence electrons. The number of allylic oxidation sites excluding steroid dienone is 1. The monoisotopic (exact) mass is 476 g/mol. The van der Waals surface area contributed by atoms with E-state index in [-0.39, 0.29) is 11.5 Å². The largest absolute Gasteiger partial charge is 0.393 e. The molecular weight excluding hydrogens is 424 g/mol. The van der Waals surface area contributed by atoms with Gasteiger partial charge in [-0.1, -0.05) is 25.5 Å². The summed E-state index contributed by atoms with van der Waals surface area (Å²) in [7, 11) is 4.22. The van der Waals surface area contributed by atoms with Gasteiger partial charge in [-0.3, -0.25) is 0 Å². The van der Waals surface area contributed by atoms with Crippen LogP contribution in [-0.2, 0) is 4.84 Å². The van der Waals surface area contributed by atoms with Gasteiger partial charge in [0.1, 0.15) is 0 Å². The van der Waals surface area contributed by atoms with Crippen molar-refractivity contribution in [2.24, 2.45) is 34.5 Å². The zero-order chi connectivity index (χ0) is 24.6. The van der Waals surface area contributed by atoms with Gasteiger partial charge in [0.2, 0.25) is 0 Å². The van der Waals surface area contributed by atoms with Crippen LogP contribution < -0.4 is 5.48 Å². The predicted octanol–water partition coefficient (Wildman–Crippen LogP) is 4.93. The van der Waals surface area contributed by atoms with Crippen molar-refractivity contribution in [1.29, 1.82) is 0 Å². The number of aliphatic hydroxyl groups excluding tert-OH is 1. The number of hydrogen-bond donors (Lipinski definition) is 3. The Kier molecular flexibility index (Phi) is 8.21. The highest BCUT2D eigenvalue weighted by Gasteiger charge is 2.66. The summed E-state index contributed by atoms with van der Waals surface area (Å²) in [5, 5.41) is 22.6. The van der Waals surface area contributed by atoms with Crippen LogP contribution in [0.5, 0.6) is 0 Å². The molecule has 0 aromatic carbocycles. The van der Waals surface area contributed by atoms with Gasteiger partial charge in [0.25, 0.3) is 0 Å². The molecule has 0 saturated heterocycles. The molecule has 8 atom stereocenters. The molecule has 3 N–H and O–H groups in total. The Morgan fingerprint density at radius 3 is 2.59 bits per heavy atom. The highest BCUT2D eigenvalue weighted by Crippen LogP contribution is 2.69. The number of rotatable bonds is 9. The van der Waals surface area contributed by atoms with Crippen LogP contribution in [0, 0.1) is 34.5 Å². The van der Waals surface area contributed by atoms with E-state index in [1.807, 2.05) is 0 Å². The second-order valence-corrected chi connectivity index (χ2v) is 13.1. The fraction of sp³-hybridized carbons (Fsp3) is 0.931. The number of hydroxylamine groups is 1. The van der Waals surface area contributed by atoms with Crippen molar-refractivity contribution in [1.82, 2.24) is 10.4 Å². The highest BCUT2D eigenvalue weighted by atomic mass is 16.6. The van der Waals surface area contributed by atoms with E-state index >= 15 is 0 Å². The smallest absolute Gasteiger partial charge is 0.0737 e. The van der Waals surface area contributed by atoms with Crippen LogP contribution in [0.4, 0.5) is 0 Å². The maximum Gasteiger partial charge on any atom is 0.0737 e. The van der Waals surface area contributed by atoms with Crippen molar-refractivity contribution in [3.05, 3.63) is 11.6 Å². The van der Waals surface area contributed by atoms with Gasteiger partial charge in [-0.05, 0) is 127 Å². The minimum absolute atomic E-state index is 0.0279. The predicted molar refractivity (Wildman–Crippen MR) is 138 cm³/mol. The van der Waals surface area contributed by atoms with Gasteiger partial charge in [0.05, 0.1) is 18.3 Å². The fourth-order valence-corrected chi connectivity index (χ4v) is 8.75. The molecule has 5 heteroatoms. The highest BCUT2D eigenvalue weighted by molar-refractivity contribution is 5.21. The van der Waals surface area contributed by atoms with E-state index in [2.05, 4.69) is 51.3 Å². The van der Waals surface area contributed by atoms with Gasteiger partial charge in [-0.2, -0.15) is 5.48 Å². The summed E-state index contributed by atoms with van der Waals surface area (Å²) in [6, 6.07) is 0. The Morgan fingerprint density at radius 2 is 1.82 bits per heavy atom. The van der Waals surface area contributed by atoms with Crippen molar-refractivity contribution in [3.8, 4) is 0 Å². The van der Waals surface area contributed by atoms with E-state index in [1.54, 1.807) is 0 Å². The Labute approximate surface area is 208 Å². The van der Waals surface area contributed by atoms with E-state index in [0.717, 1.165) is 77.5 Å². The fourth-order valence-electron chi connectivity index (χ4n) is 8.75.